The van der Waals surface area contributed by atoms with Gasteiger partial charge in [0.05, 0.1) is 12.9 Å². The summed E-state index contributed by atoms with van der Waals surface area (Å²) in [5, 5.41) is 0. The number of nitrogen functional groups attached to an aromatic ring is 1. The van der Waals surface area contributed by atoms with Crippen molar-refractivity contribution in [3.63, 3.8) is 0 Å². The summed E-state index contributed by atoms with van der Waals surface area (Å²) in [4.78, 5) is 0. The summed E-state index contributed by atoms with van der Waals surface area (Å²) >= 11 is 0. The van der Waals surface area contributed by atoms with E-state index >= 15 is 0 Å². The zero-order chi connectivity index (χ0) is 12.8. The Morgan fingerprint density at radius 1 is 1.41 bits per heavy atom. The number of hydrogen-bond acceptors (Lipinski definition) is 3. The third-order valence-corrected chi connectivity index (χ3v) is 3.87. The molecule has 0 spiro atoms. The molecule has 0 heterocycles. The van der Waals surface area contributed by atoms with Crippen molar-refractivity contribution in [2.75, 3.05) is 18.6 Å². The molecule has 0 radical (unpaired) electrons. The summed E-state index contributed by atoms with van der Waals surface area (Å²) < 4.78 is 17.1. The lowest BCUT2D eigenvalue weighted by molar-refractivity contribution is 0.411. The Morgan fingerprint density at radius 3 is 2.71 bits per heavy atom. The van der Waals surface area contributed by atoms with Crippen molar-refractivity contribution in [3.05, 3.63) is 23.8 Å². The van der Waals surface area contributed by atoms with E-state index in [0.717, 1.165) is 23.5 Å². The summed E-state index contributed by atoms with van der Waals surface area (Å²) in [5.74, 6) is 2.59. The van der Waals surface area contributed by atoms with Crippen LogP contribution >= 0.6 is 0 Å². The van der Waals surface area contributed by atoms with E-state index in [1.165, 1.54) is 0 Å². The molecule has 1 unspecified atom stereocenters. The minimum atomic E-state index is -0.847. The lowest BCUT2D eigenvalue weighted by Crippen LogP contribution is -2.05. The Bertz CT molecular complexity index is 391. The van der Waals surface area contributed by atoms with Gasteiger partial charge in [-0.1, -0.05) is 13.8 Å². The molecule has 1 aromatic carbocycles. The molecule has 0 fully saturated rings. The standard InChI is InChI=1S/C13H21NO2S/c1-10(2)6-7-17(15)9-11-8-12(14)4-5-13(11)16-3/h4-5,8,10H,6-7,9,14H2,1-3H3. The highest BCUT2D eigenvalue weighted by molar-refractivity contribution is 7.84. The molecule has 0 aliphatic rings. The van der Waals surface area contributed by atoms with Crippen LogP contribution in [-0.2, 0) is 16.6 Å². The lowest BCUT2D eigenvalue weighted by atomic mass is 10.2. The second kappa shape index (κ2) is 6.64. The van der Waals surface area contributed by atoms with Crippen LogP contribution in [0.15, 0.2) is 18.2 Å². The predicted octanol–water partition coefficient (Wildman–Crippen LogP) is 2.57. The molecule has 1 atom stereocenters. The second-order valence-corrected chi connectivity index (χ2v) is 6.12. The third-order valence-electron chi connectivity index (χ3n) is 2.54. The van der Waals surface area contributed by atoms with Crippen molar-refractivity contribution in [1.82, 2.24) is 0 Å². The van der Waals surface area contributed by atoms with Crippen LogP contribution in [0.25, 0.3) is 0 Å². The quantitative estimate of drug-likeness (QED) is 0.795. The number of nitrogens with two attached hydrogens (primary N) is 1. The normalized spacial score (nSPS) is 12.7. The first-order valence-corrected chi connectivity index (χ1v) is 7.29. The van der Waals surface area contributed by atoms with Gasteiger partial charge in [-0.05, 0) is 30.5 Å². The van der Waals surface area contributed by atoms with Gasteiger partial charge in [-0.3, -0.25) is 4.21 Å². The highest BCUT2D eigenvalue weighted by Gasteiger charge is 2.08. The van der Waals surface area contributed by atoms with Crippen LogP contribution < -0.4 is 10.5 Å². The van der Waals surface area contributed by atoms with Gasteiger partial charge in [-0.15, -0.1) is 0 Å². The van der Waals surface area contributed by atoms with Gasteiger partial charge in [0.2, 0.25) is 0 Å². The number of hydrogen-bond donors (Lipinski definition) is 1. The van der Waals surface area contributed by atoms with E-state index in [0.29, 0.717) is 17.4 Å². The molecule has 0 aromatic heterocycles. The van der Waals surface area contributed by atoms with Crippen molar-refractivity contribution in [1.29, 1.82) is 0 Å². The smallest absolute Gasteiger partial charge is 0.123 e. The summed E-state index contributed by atoms with van der Waals surface area (Å²) in [7, 11) is 0.770. The summed E-state index contributed by atoms with van der Waals surface area (Å²) in [6, 6.07) is 5.45. The van der Waals surface area contributed by atoms with Crippen LogP contribution in [0, 0.1) is 5.92 Å². The SMILES string of the molecule is COc1ccc(N)cc1CS(=O)CCC(C)C. The van der Waals surface area contributed by atoms with Gasteiger partial charge in [0, 0.05) is 27.8 Å². The average molecular weight is 255 g/mol. The van der Waals surface area contributed by atoms with E-state index in [1.807, 2.05) is 12.1 Å². The highest BCUT2D eigenvalue weighted by atomic mass is 32.2. The molecule has 0 aliphatic heterocycles. The number of anilines is 1. The fraction of sp³-hybridized carbons (Fsp3) is 0.538. The topological polar surface area (TPSA) is 52.3 Å². The molecular weight excluding hydrogens is 234 g/mol. The fourth-order valence-electron chi connectivity index (χ4n) is 1.52. The number of methoxy groups -OCH3 is 1. The molecule has 0 bridgehead atoms. The molecule has 1 aromatic rings. The van der Waals surface area contributed by atoms with Crippen molar-refractivity contribution in [2.24, 2.45) is 5.92 Å². The van der Waals surface area contributed by atoms with E-state index in [9.17, 15) is 4.21 Å². The molecule has 1 rings (SSSR count). The molecule has 4 heteroatoms. The molecule has 17 heavy (non-hydrogen) atoms. The van der Waals surface area contributed by atoms with Gasteiger partial charge in [0.15, 0.2) is 0 Å². The van der Waals surface area contributed by atoms with Gasteiger partial charge in [0.25, 0.3) is 0 Å². The van der Waals surface area contributed by atoms with E-state index in [2.05, 4.69) is 13.8 Å². The van der Waals surface area contributed by atoms with Crippen molar-refractivity contribution in [2.45, 2.75) is 26.0 Å². The van der Waals surface area contributed by atoms with E-state index < -0.39 is 10.8 Å². The van der Waals surface area contributed by atoms with Crippen LogP contribution in [0.2, 0.25) is 0 Å². The van der Waals surface area contributed by atoms with Crippen LogP contribution in [0.1, 0.15) is 25.8 Å². The molecule has 0 amide bonds. The van der Waals surface area contributed by atoms with Crippen molar-refractivity contribution >= 4 is 16.5 Å². The molecule has 0 saturated carbocycles. The van der Waals surface area contributed by atoms with Crippen LogP contribution in [0.3, 0.4) is 0 Å². The first-order chi connectivity index (χ1) is 8.02. The van der Waals surface area contributed by atoms with Crippen LogP contribution in [0.4, 0.5) is 5.69 Å². The van der Waals surface area contributed by atoms with Crippen molar-refractivity contribution < 1.29 is 8.95 Å². The molecule has 96 valence electrons. The summed E-state index contributed by atoms with van der Waals surface area (Å²) in [6.07, 6.45) is 0.983. The van der Waals surface area contributed by atoms with E-state index in [-0.39, 0.29) is 0 Å². The monoisotopic (exact) mass is 255 g/mol. The van der Waals surface area contributed by atoms with Crippen LogP contribution in [-0.4, -0.2) is 17.1 Å². The molecule has 0 saturated heterocycles. The van der Waals surface area contributed by atoms with Gasteiger partial charge in [-0.25, -0.2) is 0 Å². The Kier molecular flexibility index (Phi) is 5.48. The molecule has 2 N–H and O–H groups in total. The number of rotatable bonds is 6. The number of ether oxygens (including phenoxy) is 1. The maximum atomic E-state index is 11.9. The zero-order valence-electron chi connectivity index (χ0n) is 10.7. The Labute approximate surface area is 106 Å². The van der Waals surface area contributed by atoms with Crippen LogP contribution in [0.5, 0.6) is 5.75 Å². The fourth-order valence-corrected chi connectivity index (χ4v) is 2.98. The van der Waals surface area contributed by atoms with Gasteiger partial charge < -0.3 is 10.5 Å². The minimum Gasteiger partial charge on any atom is -0.496 e. The van der Waals surface area contributed by atoms with E-state index in [1.54, 1.807) is 13.2 Å². The number of benzene rings is 1. The van der Waals surface area contributed by atoms with E-state index in [4.69, 9.17) is 10.5 Å². The first-order valence-electron chi connectivity index (χ1n) is 5.80. The zero-order valence-corrected chi connectivity index (χ0v) is 11.5. The first kappa shape index (κ1) is 14.0. The van der Waals surface area contributed by atoms with Gasteiger partial charge >= 0.3 is 0 Å². The Hall–Kier alpha value is -1.03. The van der Waals surface area contributed by atoms with Crippen molar-refractivity contribution in [3.8, 4) is 5.75 Å². The predicted molar refractivity (Wildman–Crippen MR) is 73.6 cm³/mol. The van der Waals surface area contributed by atoms with Gasteiger partial charge in [0.1, 0.15) is 5.75 Å². The maximum absolute atomic E-state index is 11.9. The Balaban J connectivity index is 2.66. The summed E-state index contributed by atoms with van der Waals surface area (Å²) in [6.45, 7) is 4.27. The molecule has 0 aliphatic carbocycles. The highest BCUT2D eigenvalue weighted by Crippen LogP contribution is 2.22. The minimum absolute atomic E-state index is 0.515. The average Bonchev–Trinajstić information content (AvgIpc) is 2.27. The third kappa shape index (κ3) is 4.77. The largest absolute Gasteiger partial charge is 0.496 e. The molecular formula is C13H21NO2S. The summed E-state index contributed by atoms with van der Waals surface area (Å²) in [5.41, 5.74) is 7.33. The van der Waals surface area contributed by atoms with Gasteiger partial charge in [-0.2, -0.15) is 0 Å². The maximum Gasteiger partial charge on any atom is 0.123 e. The Morgan fingerprint density at radius 2 is 2.12 bits per heavy atom. The molecule has 3 nitrogen and oxygen atoms in total. The second-order valence-electron chi connectivity index (χ2n) is 4.54. The lowest BCUT2D eigenvalue weighted by Gasteiger charge is -2.10.